The predicted octanol–water partition coefficient (Wildman–Crippen LogP) is 1.36. The number of anilines is 1. The van der Waals surface area contributed by atoms with Gasteiger partial charge >= 0.3 is 0 Å². The Morgan fingerprint density at radius 2 is 2.37 bits per heavy atom. The second-order valence-electron chi connectivity index (χ2n) is 4.19. The van der Waals surface area contributed by atoms with E-state index < -0.39 is 0 Å². The van der Waals surface area contributed by atoms with Crippen molar-refractivity contribution in [3.05, 3.63) is 28.7 Å². The summed E-state index contributed by atoms with van der Waals surface area (Å²) < 4.78 is 0. The predicted molar refractivity (Wildman–Crippen MR) is 69.8 cm³/mol. The number of pyridine rings is 1. The molecule has 0 aromatic carbocycles. The van der Waals surface area contributed by atoms with Gasteiger partial charge in [0.25, 0.3) is 0 Å². The van der Waals surface area contributed by atoms with Gasteiger partial charge in [0.1, 0.15) is 11.9 Å². The number of halogens is 1. The van der Waals surface area contributed by atoms with E-state index in [1.165, 1.54) is 6.20 Å². The Kier molecular flexibility index (Phi) is 3.92. The zero-order chi connectivity index (χ0) is 13.8. The van der Waals surface area contributed by atoms with E-state index in [1.54, 1.807) is 6.07 Å². The highest BCUT2D eigenvalue weighted by atomic mass is 35.5. The molecule has 0 amide bonds. The number of nitriles is 1. The van der Waals surface area contributed by atoms with Crippen LogP contribution in [0.3, 0.4) is 0 Å². The molecule has 0 bridgehead atoms. The molecule has 0 aliphatic carbocycles. The Bertz CT molecular complexity index is 590. The number of aromatic nitrogens is 5. The number of hydrogen-bond acceptors (Lipinski definition) is 6. The molecule has 0 spiro atoms. The number of likely N-dealkylation sites (N-methyl/N-ethyl adjacent to an activating group) is 1. The van der Waals surface area contributed by atoms with Crippen molar-refractivity contribution in [2.75, 3.05) is 18.5 Å². The van der Waals surface area contributed by atoms with Crippen LogP contribution in [0.4, 0.5) is 5.82 Å². The van der Waals surface area contributed by atoms with Gasteiger partial charge in [-0.1, -0.05) is 23.7 Å². The van der Waals surface area contributed by atoms with Crippen LogP contribution in [0.25, 0.3) is 0 Å². The number of tetrazole rings is 1. The first kappa shape index (κ1) is 13.2. The van der Waals surface area contributed by atoms with E-state index in [4.69, 9.17) is 16.9 Å². The molecule has 98 valence electrons. The van der Waals surface area contributed by atoms with Crippen molar-refractivity contribution in [2.24, 2.45) is 0 Å². The van der Waals surface area contributed by atoms with Crippen molar-refractivity contribution in [3.8, 4) is 6.07 Å². The summed E-state index contributed by atoms with van der Waals surface area (Å²) in [4.78, 5) is 6.08. The molecule has 0 saturated heterocycles. The fourth-order valence-electron chi connectivity index (χ4n) is 1.73. The Morgan fingerprint density at radius 1 is 1.58 bits per heavy atom. The van der Waals surface area contributed by atoms with Gasteiger partial charge in [-0.3, -0.25) is 0 Å². The molecule has 1 atom stereocenters. The van der Waals surface area contributed by atoms with Crippen LogP contribution in [-0.4, -0.2) is 39.2 Å². The summed E-state index contributed by atoms with van der Waals surface area (Å²) in [6.45, 7) is 2.62. The fraction of sp³-hybridized carbons (Fsp3) is 0.364. The van der Waals surface area contributed by atoms with E-state index >= 15 is 0 Å². The highest BCUT2D eigenvalue weighted by molar-refractivity contribution is 6.33. The molecule has 2 heterocycles. The third-order valence-electron chi connectivity index (χ3n) is 2.66. The lowest BCUT2D eigenvalue weighted by molar-refractivity contribution is 0.682. The van der Waals surface area contributed by atoms with Gasteiger partial charge in [0, 0.05) is 25.7 Å². The number of nitrogens with one attached hydrogen (secondary N) is 1. The fourth-order valence-corrected chi connectivity index (χ4v) is 2.04. The summed E-state index contributed by atoms with van der Waals surface area (Å²) in [6.07, 6.45) is 1.50. The van der Waals surface area contributed by atoms with Crippen LogP contribution in [-0.2, 0) is 0 Å². The van der Waals surface area contributed by atoms with E-state index in [9.17, 15) is 0 Å². The van der Waals surface area contributed by atoms with Crippen LogP contribution in [0.5, 0.6) is 0 Å². The number of hydrogen-bond donors (Lipinski definition) is 1. The number of H-pyrrole nitrogens is 1. The summed E-state index contributed by atoms with van der Waals surface area (Å²) in [5, 5.41) is 23.1. The molecule has 2 rings (SSSR count). The number of rotatable bonds is 4. The van der Waals surface area contributed by atoms with Gasteiger partial charge in [0.15, 0.2) is 5.82 Å². The second kappa shape index (κ2) is 5.63. The van der Waals surface area contributed by atoms with Crippen molar-refractivity contribution >= 4 is 17.4 Å². The normalized spacial score (nSPS) is 11.9. The molecular formula is C11H12ClN7. The Balaban J connectivity index is 2.12. The van der Waals surface area contributed by atoms with Gasteiger partial charge in [-0.15, -0.1) is 10.2 Å². The molecule has 0 aliphatic heterocycles. The van der Waals surface area contributed by atoms with Crippen molar-refractivity contribution in [3.63, 3.8) is 0 Å². The van der Waals surface area contributed by atoms with Crippen LogP contribution in [0.1, 0.15) is 24.2 Å². The zero-order valence-electron chi connectivity index (χ0n) is 10.5. The van der Waals surface area contributed by atoms with Gasteiger partial charge in [-0.05, 0) is 6.07 Å². The SMILES string of the molecule is C[C@H](CN(C)c1ncc(C#N)cc1Cl)c1nn[nH]n1. The quantitative estimate of drug-likeness (QED) is 0.907. The first-order valence-electron chi connectivity index (χ1n) is 5.62. The monoisotopic (exact) mass is 277 g/mol. The van der Waals surface area contributed by atoms with E-state index in [2.05, 4.69) is 25.6 Å². The molecular weight excluding hydrogens is 266 g/mol. The minimum Gasteiger partial charge on any atom is -0.358 e. The second-order valence-corrected chi connectivity index (χ2v) is 4.60. The van der Waals surface area contributed by atoms with Crippen LogP contribution in [0, 0.1) is 11.3 Å². The summed E-state index contributed by atoms with van der Waals surface area (Å²) >= 11 is 6.11. The van der Waals surface area contributed by atoms with Gasteiger partial charge in [0.05, 0.1) is 10.6 Å². The maximum Gasteiger partial charge on any atom is 0.179 e. The molecule has 2 aromatic heterocycles. The van der Waals surface area contributed by atoms with E-state index in [0.29, 0.717) is 28.8 Å². The van der Waals surface area contributed by atoms with E-state index in [1.807, 2.05) is 24.9 Å². The Labute approximate surface area is 115 Å². The molecule has 0 radical (unpaired) electrons. The molecule has 19 heavy (non-hydrogen) atoms. The molecule has 0 fully saturated rings. The number of aromatic amines is 1. The Morgan fingerprint density at radius 3 is 2.95 bits per heavy atom. The summed E-state index contributed by atoms with van der Waals surface area (Å²) in [7, 11) is 1.87. The summed E-state index contributed by atoms with van der Waals surface area (Å²) in [6, 6.07) is 3.60. The molecule has 7 nitrogen and oxygen atoms in total. The third kappa shape index (κ3) is 2.98. The zero-order valence-corrected chi connectivity index (χ0v) is 11.3. The molecule has 2 aromatic rings. The standard InChI is InChI=1S/C11H12ClN7/c1-7(10-15-17-18-16-10)6-19(2)11-9(12)3-8(4-13)5-14-11/h3,5,7H,6H2,1-2H3,(H,15,16,17,18)/t7-/m1/s1. The largest absolute Gasteiger partial charge is 0.358 e. The lowest BCUT2D eigenvalue weighted by Gasteiger charge is -2.21. The highest BCUT2D eigenvalue weighted by Gasteiger charge is 2.16. The Hall–Kier alpha value is -2.20. The van der Waals surface area contributed by atoms with Crippen LogP contribution in [0.2, 0.25) is 5.02 Å². The van der Waals surface area contributed by atoms with Crippen LogP contribution < -0.4 is 4.90 Å². The van der Waals surface area contributed by atoms with Crippen LogP contribution in [0.15, 0.2) is 12.3 Å². The maximum absolute atomic E-state index is 8.77. The van der Waals surface area contributed by atoms with Crippen molar-refractivity contribution < 1.29 is 0 Å². The minimum absolute atomic E-state index is 0.0808. The van der Waals surface area contributed by atoms with Gasteiger partial charge in [0.2, 0.25) is 0 Å². The first-order valence-corrected chi connectivity index (χ1v) is 5.99. The van der Waals surface area contributed by atoms with Gasteiger partial charge < -0.3 is 4.90 Å². The average Bonchev–Trinajstić information content (AvgIpc) is 2.92. The van der Waals surface area contributed by atoms with Crippen molar-refractivity contribution in [1.82, 2.24) is 25.6 Å². The number of nitrogens with zero attached hydrogens (tertiary/aromatic N) is 6. The van der Waals surface area contributed by atoms with E-state index in [-0.39, 0.29) is 5.92 Å². The van der Waals surface area contributed by atoms with Gasteiger partial charge in [-0.25, -0.2) is 4.98 Å². The molecule has 0 unspecified atom stereocenters. The minimum atomic E-state index is 0.0808. The summed E-state index contributed by atoms with van der Waals surface area (Å²) in [5.74, 6) is 1.34. The molecule has 1 N–H and O–H groups in total. The molecule has 0 aliphatic rings. The topological polar surface area (TPSA) is 94.4 Å². The highest BCUT2D eigenvalue weighted by Crippen LogP contribution is 2.24. The average molecular weight is 278 g/mol. The molecule has 8 heteroatoms. The maximum atomic E-state index is 8.77. The lowest BCUT2D eigenvalue weighted by Crippen LogP contribution is -2.24. The molecule has 0 saturated carbocycles. The van der Waals surface area contributed by atoms with Crippen molar-refractivity contribution in [1.29, 1.82) is 5.26 Å². The lowest BCUT2D eigenvalue weighted by atomic mass is 10.1. The van der Waals surface area contributed by atoms with E-state index in [0.717, 1.165) is 0 Å². The van der Waals surface area contributed by atoms with Gasteiger partial charge in [-0.2, -0.15) is 10.5 Å². The smallest absolute Gasteiger partial charge is 0.179 e. The third-order valence-corrected chi connectivity index (χ3v) is 2.94. The summed E-state index contributed by atoms with van der Waals surface area (Å²) in [5.41, 5.74) is 0.438. The van der Waals surface area contributed by atoms with Crippen molar-refractivity contribution in [2.45, 2.75) is 12.8 Å². The first-order chi connectivity index (χ1) is 9.11. The van der Waals surface area contributed by atoms with Crippen LogP contribution >= 0.6 is 11.6 Å².